The number of benzene rings is 1. The number of hydrogen-bond acceptors (Lipinski definition) is 2. The molecule has 1 aromatic carbocycles. The maximum absolute atomic E-state index is 5.46. The topological polar surface area (TPSA) is 21.3 Å². The quantitative estimate of drug-likeness (QED) is 0.746. The molecule has 1 unspecified atom stereocenters. The molecule has 0 saturated carbocycles. The van der Waals surface area contributed by atoms with Crippen molar-refractivity contribution in [2.45, 2.75) is 53.0 Å². The van der Waals surface area contributed by atoms with Gasteiger partial charge in [-0.05, 0) is 43.0 Å². The molecule has 0 saturated heterocycles. The Labute approximate surface area is 118 Å². The lowest BCUT2D eigenvalue weighted by Crippen LogP contribution is -2.28. The van der Waals surface area contributed by atoms with Crippen LogP contribution in [0.4, 0.5) is 0 Å². The third-order valence-electron chi connectivity index (χ3n) is 3.93. The zero-order valence-corrected chi connectivity index (χ0v) is 13.1. The van der Waals surface area contributed by atoms with Gasteiger partial charge in [0, 0.05) is 6.04 Å². The standard InChI is InChI=1S/C17H29NO/c1-6-11-18-17(14(7-2)8-3)15-10-9-13(4)16(12-15)19-5/h9-10,12,14,17-18H,6-8,11H2,1-5H3. The van der Waals surface area contributed by atoms with Crippen LogP contribution in [0.15, 0.2) is 18.2 Å². The van der Waals surface area contributed by atoms with Gasteiger partial charge in [-0.25, -0.2) is 0 Å². The summed E-state index contributed by atoms with van der Waals surface area (Å²) in [5.41, 5.74) is 2.55. The van der Waals surface area contributed by atoms with Crippen molar-refractivity contribution in [1.29, 1.82) is 0 Å². The van der Waals surface area contributed by atoms with Gasteiger partial charge in [0.1, 0.15) is 5.75 Å². The van der Waals surface area contributed by atoms with Gasteiger partial charge >= 0.3 is 0 Å². The van der Waals surface area contributed by atoms with Crippen LogP contribution in [0, 0.1) is 12.8 Å². The van der Waals surface area contributed by atoms with Gasteiger partial charge in [-0.1, -0.05) is 45.7 Å². The number of hydrogen-bond donors (Lipinski definition) is 1. The van der Waals surface area contributed by atoms with Crippen molar-refractivity contribution in [1.82, 2.24) is 5.32 Å². The predicted octanol–water partition coefficient (Wildman–Crippen LogP) is 4.48. The molecule has 0 amide bonds. The lowest BCUT2D eigenvalue weighted by Gasteiger charge is -2.27. The van der Waals surface area contributed by atoms with E-state index in [2.05, 4.69) is 51.2 Å². The number of ether oxygens (including phenoxy) is 1. The highest BCUT2D eigenvalue weighted by Crippen LogP contribution is 2.30. The van der Waals surface area contributed by atoms with Gasteiger partial charge in [0.05, 0.1) is 7.11 Å². The summed E-state index contributed by atoms with van der Waals surface area (Å²) in [6.45, 7) is 9.93. The van der Waals surface area contributed by atoms with Gasteiger partial charge in [0.25, 0.3) is 0 Å². The highest BCUT2D eigenvalue weighted by atomic mass is 16.5. The minimum atomic E-state index is 0.435. The van der Waals surface area contributed by atoms with E-state index in [1.165, 1.54) is 30.4 Å². The molecule has 0 spiro atoms. The molecule has 0 fully saturated rings. The average molecular weight is 263 g/mol. The van der Waals surface area contributed by atoms with Crippen LogP contribution in [0.3, 0.4) is 0 Å². The van der Waals surface area contributed by atoms with Crippen LogP contribution in [-0.4, -0.2) is 13.7 Å². The van der Waals surface area contributed by atoms with Crippen LogP contribution >= 0.6 is 0 Å². The van der Waals surface area contributed by atoms with Crippen molar-refractivity contribution in [3.8, 4) is 5.75 Å². The molecule has 2 nitrogen and oxygen atoms in total. The Hall–Kier alpha value is -1.02. The van der Waals surface area contributed by atoms with Crippen molar-refractivity contribution in [2.24, 2.45) is 5.92 Å². The van der Waals surface area contributed by atoms with Gasteiger partial charge in [0.15, 0.2) is 0 Å². The molecule has 0 aliphatic carbocycles. The van der Waals surface area contributed by atoms with E-state index in [1.807, 2.05) is 0 Å². The molecular weight excluding hydrogens is 234 g/mol. The highest BCUT2D eigenvalue weighted by Gasteiger charge is 2.20. The zero-order chi connectivity index (χ0) is 14.3. The molecule has 19 heavy (non-hydrogen) atoms. The summed E-state index contributed by atoms with van der Waals surface area (Å²) in [5.74, 6) is 1.67. The SMILES string of the molecule is CCCNC(c1ccc(C)c(OC)c1)C(CC)CC. The molecule has 0 heterocycles. The lowest BCUT2D eigenvalue weighted by atomic mass is 9.88. The fourth-order valence-corrected chi connectivity index (χ4v) is 2.65. The second-order valence-corrected chi connectivity index (χ2v) is 5.24. The minimum Gasteiger partial charge on any atom is -0.496 e. The van der Waals surface area contributed by atoms with Crippen LogP contribution in [-0.2, 0) is 0 Å². The van der Waals surface area contributed by atoms with Gasteiger partial charge in [0.2, 0.25) is 0 Å². The first-order chi connectivity index (χ1) is 9.17. The summed E-state index contributed by atoms with van der Waals surface area (Å²) >= 11 is 0. The van der Waals surface area contributed by atoms with Gasteiger partial charge < -0.3 is 10.1 Å². The second-order valence-electron chi connectivity index (χ2n) is 5.24. The molecular formula is C17H29NO. The molecule has 2 heteroatoms. The smallest absolute Gasteiger partial charge is 0.122 e. The van der Waals surface area contributed by atoms with Gasteiger partial charge in [-0.15, -0.1) is 0 Å². The minimum absolute atomic E-state index is 0.435. The maximum Gasteiger partial charge on any atom is 0.122 e. The first-order valence-electron chi connectivity index (χ1n) is 7.55. The molecule has 1 atom stereocenters. The lowest BCUT2D eigenvalue weighted by molar-refractivity contribution is 0.339. The van der Waals surface area contributed by atoms with Crippen LogP contribution in [0.25, 0.3) is 0 Å². The van der Waals surface area contributed by atoms with Crippen LogP contribution in [0.1, 0.15) is 57.2 Å². The van der Waals surface area contributed by atoms with Crippen molar-refractivity contribution >= 4 is 0 Å². The van der Waals surface area contributed by atoms with Crippen molar-refractivity contribution in [3.05, 3.63) is 29.3 Å². The van der Waals surface area contributed by atoms with E-state index in [9.17, 15) is 0 Å². The molecule has 0 bridgehead atoms. The van der Waals surface area contributed by atoms with E-state index in [-0.39, 0.29) is 0 Å². The summed E-state index contributed by atoms with van der Waals surface area (Å²) in [4.78, 5) is 0. The Kier molecular flexibility index (Phi) is 6.93. The van der Waals surface area contributed by atoms with E-state index in [0.717, 1.165) is 12.3 Å². The van der Waals surface area contributed by atoms with Crippen molar-refractivity contribution in [3.63, 3.8) is 0 Å². The largest absolute Gasteiger partial charge is 0.496 e. The Morgan fingerprint density at radius 3 is 2.37 bits per heavy atom. The normalized spacial score (nSPS) is 12.7. The fraction of sp³-hybridized carbons (Fsp3) is 0.647. The Morgan fingerprint density at radius 2 is 1.84 bits per heavy atom. The highest BCUT2D eigenvalue weighted by molar-refractivity contribution is 5.38. The molecule has 0 aliphatic heterocycles. The molecule has 108 valence electrons. The summed E-state index contributed by atoms with van der Waals surface area (Å²) in [5, 5.41) is 3.70. The van der Waals surface area contributed by atoms with Gasteiger partial charge in [-0.3, -0.25) is 0 Å². The summed E-state index contributed by atoms with van der Waals surface area (Å²) in [6.07, 6.45) is 3.57. The summed E-state index contributed by atoms with van der Waals surface area (Å²) in [7, 11) is 1.75. The predicted molar refractivity (Wildman–Crippen MR) is 82.8 cm³/mol. The monoisotopic (exact) mass is 263 g/mol. The second kappa shape index (κ2) is 8.21. The molecule has 1 rings (SSSR count). The molecule has 1 N–H and O–H groups in total. The number of nitrogens with one attached hydrogen (secondary N) is 1. The maximum atomic E-state index is 5.46. The molecule has 0 aromatic heterocycles. The van der Waals surface area contributed by atoms with Crippen molar-refractivity contribution in [2.75, 3.05) is 13.7 Å². The molecule has 1 aromatic rings. The Morgan fingerprint density at radius 1 is 1.16 bits per heavy atom. The molecule has 0 radical (unpaired) electrons. The average Bonchev–Trinajstić information content (AvgIpc) is 2.44. The van der Waals surface area contributed by atoms with Crippen LogP contribution in [0.2, 0.25) is 0 Å². The van der Waals surface area contributed by atoms with E-state index >= 15 is 0 Å². The van der Waals surface area contributed by atoms with Crippen LogP contribution < -0.4 is 10.1 Å². The first-order valence-corrected chi connectivity index (χ1v) is 7.55. The number of aryl methyl sites for hydroxylation is 1. The Bertz CT molecular complexity index is 372. The van der Waals surface area contributed by atoms with Crippen molar-refractivity contribution < 1.29 is 4.74 Å². The third kappa shape index (κ3) is 4.24. The zero-order valence-electron chi connectivity index (χ0n) is 13.1. The number of rotatable bonds is 8. The van der Waals surface area contributed by atoms with Crippen LogP contribution in [0.5, 0.6) is 5.75 Å². The molecule has 0 aliphatic rings. The third-order valence-corrected chi connectivity index (χ3v) is 3.93. The van der Waals surface area contributed by atoms with E-state index in [4.69, 9.17) is 4.74 Å². The summed E-state index contributed by atoms with van der Waals surface area (Å²) < 4.78 is 5.46. The van der Waals surface area contributed by atoms with Gasteiger partial charge in [-0.2, -0.15) is 0 Å². The first kappa shape index (κ1) is 16.0. The van der Waals surface area contributed by atoms with E-state index < -0.39 is 0 Å². The fourth-order valence-electron chi connectivity index (χ4n) is 2.65. The Balaban J connectivity index is 3.01. The summed E-state index contributed by atoms with van der Waals surface area (Å²) in [6, 6.07) is 7.03. The number of methoxy groups -OCH3 is 1. The van der Waals surface area contributed by atoms with E-state index in [1.54, 1.807) is 7.11 Å². The van der Waals surface area contributed by atoms with E-state index in [0.29, 0.717) is 12.0 Å².